The van der Waals surface area contributed by atoms with Gasteiger partial charge >= 0.3 is 0 Å². The van der Waals surface area contributed by atoms with Crippen molar-refractivity contribution in [3.63, 3.8) is 0 Å². The summed E-state index contributed by atoms with van der Waals surface area (Å²) in [5.41, 5.74) is 3.17. The lowest BCUT2D eigenvalue weighted by Gasteiger charge is -2.20. The molecule has 25 heavy (non-hydrogen) atoms. The van der Waals surface area contributed by atoms with E-state index in [9.17, 15) is 4.79 Å². The lowest BCUT2D eigenvalue weighted by Crippen LogP contribution is -2.27. The number of hydrogen-bond acceptors (Lipinski definition) is 3. The van der Waals surface area contributed by atoms with E-state index < -0.39 is 0 Å². The van der Waals surface area contributed by atoms with E-state index in [1.807, 2.05) is 54.6 Å². The molecule has 0 amide bonds. The molecule has 2 aromatic carbocycles. The third-order valence-electron chi connectivity index (χ3n) is 4.07. The number of aromatic nitrogens is 1. The summed E-state index contributed by atoms with van der Waals surface area (Å²) in [5.74, 6) is 0. The number of benzene rings is 2. The van der Waals surface area contributed by atoms with Gasteiger partial charge in [0.15, 0.2) is 0 Å². The molecular formula is C21H19N3O. The zero-order valence-corrected chi connectivity index (χ0v) is 13.9. The second-order valence-electron chi connectivity index (χ2n) is 5.98. The molecule has 1 heterocycles. The van der Waals surface area contributed by atoms with Crippen LogP contribution in [0.15, 0.2) is 72.0 Å². The van der Waals surface area contributed by atoms with Crippen molar-refractivity contribution in [2.75, 3.05) is 6.54 Å². The van der Waals surface area contributed by atoms with E-state index in [0.29, 0.717) is 25.2 Å². The Kier molecular flexibility index (Phi) is 5.08. The maximum atomic E-state index is 12.4. The van der Waals surface area contributed by atoms with Crippen molar-refractivity contribution < 1.29 is 0 Å². The predicted molar refractivity (Wildman–Crippen MR) is 100 cm³/mol. The molecule has 0 spiro atoms. The molecule has 0 aliphatic rings. The smallest absolute Gasteiger partial charge is 0.252 e. The molecule has 4 nitrogen and oxygen atoms in total. The summed E-state index contributed by atoms with van der Waals surface area (Å²) in [6.45, 7) is 5.63. The zero-order chi connectivity index (χ0) is 17.6. The second kappa shape index (κ2) is 7.61. The quantitative estimate of drug-likeness (QED) is 0.703. The Morgan fingerprint density at radius 3 is 2.76 bits per heavy atom. The van der Waals surface area contributed by atoms with Gasteiger partial charge in [-0.3, -0.25) is 9.69 Å². The molecule has 0 aliphatic carbocycles. The molecule has 0 saturated carbocycles. The van der Waals surface area contributed by atoms with E-state index in [-0.39, 0.29) is 5.56 Å². The topological polar surface area (TPSA) is 59.9 Å². The van der Waals surface area contributed by atoms with Crippen molar-refractivity contribution in [2.45, 2.75) is 13.1 Å². The van der Waals surface area contributed by atoms with Crippen LogP contribution in [0.1, 0.15) is 16.7 Å². The first-order chi connectivity index (χ1) is 12.2. The first kappa shape index (κ1) is 16.7. The van der Waals surface area contributed by atoms with Crippen LogP contribution in [0.5, 0.6) is 0 Å². The van der Waals surface area contributed by atoms with Crippen LogP contribution in [0.4, 0.5) is 0 Å². The molecule has 4 heteroatoms. The Morgan fingerprint density at radius 2 is 1.96 bits per heavy atom. The molecule has 0 atom stereocenters. The maximum Gasteiger partial charge on any atom is 0.252 e. The Hall–Kier alpha value is -3.16. The highest BCUT2D eigenvalue weighted by Crippen LogP contribution is 2.14. The minimum absolute atomic E-state index is 0.0708. The van der Waals surface area contributed by atoms with Crippen LogP contribution in [0.3, 0.4) is 0 Å². The number of nitrogens with one attached hydrogen (secondary N) is 1. The first-order valence-corrected chi connectivity index (χ1v) is 8.13. The van der Waals surface area contributed by atoms with Crippen molar-refractivity contribution in [3.05, 3.63) is 94.3 Å². The second-order valence-corrected chi connectivity index (χ2v) is 5.98. The van der Waals surface area contributed by atoms with Crippen LogP contribution in [0.25, 0.3) is 10.9 Å². The minimum Gasteiger partial charge on any atom is -0.322 e. The average molecular weight is 329 g/mol. The molecular weight excluding hydrogens is 310 g/mol. The first-order valence-electron chi connectivity index (χ1n) is 8.13. The molecule has 3 rings (SSSR count). The summed E-state index contributed by atoms with van der Waals surface area (Å²) in [6.07, 6.45) is 1.82. The van der Waals surface area contributed by atoms with Crippen LogP contribution in [-0.2, 0) is 13.1 Å². The zero-order valence-electron chi connectivity index (χ0n) is 13.9. The van der Waals surface area contributed by atoms with Gasteiger partial charge in [-0.15, -0.1) is 6.58 Å². The molecule has 124 valence electrons. The van der Waals surface area contributed by atoms with E-state index in [1.54, 1.807) is 6.07 Å². The summed E-state index contributed by atoms with van der Waals surface area (Å²) >= 11 is 0. The number of rotatable bonds is 6. The molecule has 0 bridgehead atoms. The van der Waals surface area contributed by atoms with Crippen molar-refractivity contribution >= 4 is 10.9 Å². The molecule has 0 aliphatic heterocycles. The van der Waals surface area contributed by atoms with Crippen LogP contribution < -0.4 is 5.56 Å². The van der Waals surface area contributed by atoms with E-state index in [0.717, 1.165) is 22.0 Å². The van der Waals surface area contributed by atoms with Gasteiger partial charge in [-0.25, -0.2) is 0 Å². The molecule has 0 unspecified atom stereocenters. The van der Waals surface area contributed by atoms with E-state index in [1.165, 1.54) is 0 Å². The number of para-hydroxylation sites is 1. The highest BCUT2D eigenvalue weighted by Gasteiger charge is 2.10. The number of hydrogen-bond donors (Lipinski definition) is 1. The van der Waals surface area contributed by atoms with Crippen molar-refractivity contribution in [2.24, 2.45) is 0 Å². The fourth-order valence-electron chi connectivity index (χ4n) is 2.92. The van der Waals surface area contributed by atoms with Gasteiger partial charge in [0.25, 0.3) is 5.56 Å². The Bertz CT molecular complexity index is 998. The maximum absolute atomic E-state index is 12.4. The van der Waals surface area contributed by atoms with Crippen LogP contribution >= 0.6 is 0 Å². The molecule has 1 aromatic heterocycles. The lowest BCUT2D eigenvalue weighted by atomic mass is 10.1. The van der Waals surface area contributed by atoms with Crippen molar-refractivity contribution in [1.29, 1.82) is 5.26 Å². The van der Waals surface area contributed by atoms with E-state index >= 15 is 0 Å². The fourth-order valence-corrected chi connectivity index (χ4v) is 2.92. The lowest BCUT2D eigenvalue weighted by molar-refractivity contribution is 0.285. The average Bonchev–Trinajstić information content (AvgIpc) is 2.62. The monoisotopic (exact) mass is 329 g/mol. The summed E-state index contributed by atoms with van der Waals surface area (Å²) in [5, 5.41) is 10.1. The standard InChI is InChI=1S/C21H19N3O/c1-2-10-24(14-17-7-5-6-16(11-17)13-22)15-19-12-18-8-3-4-9-20(18)23-21(19)25/h2-9,11-12H,1,10,14-15H2,(H,23,25). The number of fused-ring (bicyclic) bond motifs is 1. The third-order valence-corrected chi connectivity index (χ3v) is 4.07. The summed E-state index contributed by atoms with van der Waals surface area (Å²) in [7, 11) is 0. The van der Waals surface area contributed by atoms with Crippen LogP contribution in [0.2, 0.25) is 0 Å². The van der Waals surface area contributed by atoms with Gasteiger partial charge in [0.2, 0.25) is 0 Å². The Labute approximate surface area is 146 Å². The predicted octanol–water partition coefficient (Wildman–Crippen LogP) is 3.59. The Balaban J connectivity index is 1.86. The van der Waals surface area contributed by atoms with Gasteiger partial charge in [0, 0.05) is 30.7 Å². The Morgan fingerprint density at radius 1 is 1.12 bits per heavy atom. The summed E-state index contributed by atoms with van der Waals surface area (Å²) < 4.78 is 0. The molecule has 3 aromatic rings. The number of aromatic amines is 1. The number of pyridine rings is 1. The molecule has 0 radical (unpaired) electrons. The van der Waals surface area contributed by atoms with E-state index in [2.05, 4.69) is 22.5 Å². The normalized spacial score (nSPS) is 10.7. The van der Waals surface area contributed by atoms with Gasteiger partial charge in [0.05, 0.1) is 11.6 Å². The largest absolute Gasteiger partial charge is 0.322 e. The van der Waals surface area contributed by atoms with Crippen molar-refractivity contribution in [3.8, 4) is 6.07 Å². The minimum atomic E-state index is -0.0708. The van der Waals surface area contributed by atoms with Gasteiger partial charge in [0.1, 0.15) is 0 Å². The number of nitrogens with zero attached hydrogens (tertiary/aromatic N) is 2. The third kappa shape index (κ3) is 4.03. The van der Waals surface area contributed by atoms with Gasteiger partial charge < -0.3 is 4.98 Å². The molecule has 0 fully saturated rings. The van der Waals surface area contributed by atoms with Gasteiger partial charge in [-0.05, 0) is 35.2 Å². The summed E-state index contributed by atoms with van der Waals surface area (Å²) in [4.78, 5) is 17.4. The molecule has 0 saturated heterocycles. The van der Waals surface area contributed by atoms with Gasteiger partial charge in [-0.2, -0.15) is 5.26 Å². The van der Waals surface area contributed by atoms with Crippen LogP contribution in [-0.4, -0.2) is 16.4 Å². The highest BCUT2D eigenvalue weighted by atomic mass is 16.1. The fraction of sp³-hybridized carbons (Fsp3) is 0.143. The number of nitriles is 1. The summed E-state index contributed by atoms with van der Waals surface area (Å²) in [6, 6.07) is 19.4. The van der Waals surface area contributed by atoms with Gasteiger partial charge in [-0.1, -0.05) is 36.4 Å². The van der Waals surface area contributed by atoms with E-state index in [4.69, 9.17) is 5.26 Å². The van der Waals surface area contributed by atoms with Crippen LogP contribution in [0, 0.1) is 11.3 Å². The van der Waals surface area contributed by atoms with Crippen molar-refractivity contribution in [1.82, 2.24) is 9.88 Å². The highest BCUT2D eigenvalue weighted by molar-refractivity contribution is 5.78. The SMILES string of the molecule is C=CCN(Cc1cccc(C#N)c1)Cc1cc2ccccc2[nH]c1=O. The molecule has 1 N–H and O–H groups in total. The number of H-pyrrole nitrogens is 1.